The molecule has 82 valence electrons. The molecule has 1 aromatic carbocycles. The van der Waals surface area contributed by atoms with Crippen molar-refractivity contribution in [2.75, 3.05) is 6.54 Å². The number of hydrogen-bond donors (Lipinski definition) is 2. The second-order valence-electron chi connectivity index (χ2n) is 3.39. The normalized spacial score (nSPS) is 12.8. The summed E-state index contributed by atoms with van der Waals surface area (Å²) in [6, 6.07) is 9.10. The van der Waals surface area contributed by atoms with Crippen molar-refractivity contribution in [1.29, 1.82) is 0 Å². The molecule has 1 rings (SSSR count). The van der Waals surface area contributed by atoms with Gasteiger partial charge in [-0.3, -0.25) is 10.6 Å². The van der Waals surface area contributed by atoms with Gasteiger partial charge in [-0.2, -0.15) is 0 Å². The van der Waals surface area contributed by atoms with Gasteiger partial charge in [0.2, 0.25) is 0 Å². The van der Waals surface area contributed by atoms with Crippen LogP contribution in [0.5, 0.6) is 0 Å². The molecule has 0 aliphatic carbocycles. The largest absolute Gasteiger partial charge is 0.314 e. The first-order valence-corrected chi connectivity index (χ1v) is 5.00. The topological polar surface area (TPSA) is 72.3 Å². The van der Waals surface area contributed by atoms with Crippen LogP contribution in [-0.2, 0) is 0 Å². The van der Waals surface area contributed by atoms with E-state index in [1.807, 2.05) is 25.1 Å². The molecule has 0 fully saturated rings. The molecule has 15 heavy (non-hydrogen) atoms. The van der Waals surface area contributed by atoms with Gasteiger partial charge in [0.15, 0.2) is 5.78 Å². The standard InChI is InChI=1S/C11H17N3O/c1-2-14(13)11(12)8-10(15)9-6-4-3-5-7-9/h3-7,11H,2,8,12-13H2,1H3. The molecular formula is C11H17N3O. The Morgan fingerprint density at radius 2 is 2.00 bits per heavy atom. The van der Waals surface area contributed by atoms with Crippen molar-refractivity contribution >= 4 is 5.78 Å². The van der Waals surface area contributed by atoms with Gasteiger partial charge in [0.05, 0.1) is 6.17 Å². The number of nitrogens with two attached hydrogens (primary N) is 2. The number of Topliss-reactive ketones (excluding diaryl/α,β-unsaturated/α-hetero) is 1. The molecule has 0 saturated carbocycles. The van der Waals surface area contributed by atoms with Gasteiger partial charge in [0.25, 0.3) is 0 Å². The second kappa shape index (κ2) is 5.60. The van der Waals surface area contributed by atoms with E-state index in [4.69, 9.17) is 11.6 Å². The van der Waals surface area contributed by atoms with E-state index in [1.165, 1.54) is 5.01 Å². The van der Waals surface area contributed by atoms with Crippen LogP contribution in [0.3, 0.4) is 0 Å². The monoisotopic (exact) mass is 207 g/mol. The SMILES string of the molecule is CCN(N)C(N)CC(=O)c1ccccc1. The molecule has 0 saturated heterocycles. The summed E-state index contributed by atoms with van der Waals surface area (Å²) in [5.74, 6) is 5.62. The molecule has 0 aliphatic rings. The predicted molar refractivity (Wildman–Crippen MR) is 59.9 cm³/mol. The van der Waals surface area contributed by atoms with E-state index in [9.17, 15) is 4.79 Å². The molecule has 0 aromatic heterocycles. The number of hydrazine groups is 1. The molecule has 0 aliphatic heterocycles. The number of carbonyl (C=O) groups is 1. The molecule has 4 nitrogen and oxygen atoms in total. The number of rotatable bonds is 5. The first-order valence-electron chi connectivity index (χ1n) is 5.00. The minimum absolute atomic E-state index is 0.0204. The summed E-state index contributed by atoms with van der Waals surface area (Å²) in [6.45, 7) is 2.52. The summed E-state index contributed by atoms with van der Waals surface area (Å²) >= 11 is 0. The Bertz CT molecular complexity index is 313. The van der Waals surface area contributed by atoms with Crippen LogP contribution in [0.25, 0.3) is 0 Å². The van der Waals surface area contributed by atoms with E-state index in [-0.39, 0.29) is 12.2 Å². The van der Waals surface area contributed by atoms with E-state index in [2.05, 4.69) is 0 Å². The quantitative estimate of drug-likeness (QED) is 0.323. The van der Waals surface area contributed by atoms with Crippen LogP contribution >= 0.6 is 0 Å². The Labute approximate surface area is 89.8 Å². The maximum absolute atomic E-state index is 11.7. The highest BCUT2D eigenvalue weighted by atomic mass is 16.1. The van der Waals surface area contributed by atoms with Gasteiger partial charge in [-0.25, -0.2) is 5.01 Å². The van der Waals surface area contributed by atoms with Crippen molar-refractivity contribution in [2.45, 2.75) is 19.5 Å². The van der Waals surface area contributed by atoms with Crippen molar-refractivity contribution < 1.29 is 4.79 Å². The molecule has 1 atom stereocenters. The van der Waals surface area contributed by atoms with Crippen molar-refractivity contribution in [1.82, 2.24) is 5.01 Å². The molecule has 1 aromatic rings. The highest BCUT2D eigenvalue weighted by molar-refractivity contribution is 5.96. The Balaban J connectivity index is 2.57. The highest BCUT2D eigenvalue weighted by Crippen LogP contribution is 2.05. The average Bonchev–Trinajstić information content (AvgIpc) is 2.29. The summed E-state index contributed by atoms with van der Waals surface area (Å²) < 4.78 is 0. The van der Waals surface area contributed by atoms with Gasteiger partial charge >= 0.3 is 0 Å². The Kier molecular flexibility index (Phi) is 4.42. The lowest BCUT2D eigenvalue weighted by molar-refractivity contribution is 0.0925. The van der Waals surface area contributed by atoms with Gasteiger partial charge in [-0.05, 0) is 0 Å². The van der Waals surface area contributed by atoms with Gasteiger partial charge in [-0.1, -0.05) is 37.3 Å². The zero-order valence-electron chi connectivity index (χ0n) is 8.89. The molecule has 0 bridgehead atoms. The lowest BCUT2D eigenvalue weighted by Crippen LogP contribution is -2.47. The Morgan fingerprint density at radius 1 is 1.40 bits per heavy atom. The number of nitrogens with zero attached hydrogens (tertiary/aromatic N) is 1. The smallest absolute Gasteiger partial charge is 0.165 e. The van der Waals surface area contributed by atoms with Crippen LogP contribution in [0.4, 0.5) is 0 Å². The maximum Gasteiger partial charge on any atom is 0.165 e. The van der Waals surface area contributed by atoms with Gasteiger partial charge in [0, 0.05) is 18.5 Å². The first kappa shape index (κ1) is 11.8. The third-order valence-corrected chi connectivity index (χ3v) is 2.28. The summed E-state index contributed by atoms with van der Waals surface area (Å²) in [5.41, 5.74) is 6.42. The van der Waals surface area contributed by atoms with Crippen molar-refractivity contribution in [3.8, 4) is 0 Å². The fourth-order valence-corrected chi connectivity index (χ4v) is 1.28. The van der Waals surface area contributed by atoms with Gasteiger partial charge in [0.1, 0.15) is 0 Å². The lowest BCUT2D eigenvalue weighted by Gasteiger charge is -2.21. The van der Waals surface area contributed by atoms with E-state index >= 15 is 0 Å². The molecule has 0 spiro atoms. The van der Waals surface area contributed by atoms with Crippen molar-refractivity contribution in [3.63, 3.8) is 0 Å². The average molecular weight is 207 g/mol. The predicted octanol–water partition coefficient (Wildman–Crippen LogP) is 0.740. The van der Waals surface area contributed by atoms with Crippen molar-refractivity contribution in [2.24, 2.45) is 11.6 Å². The van der Waals surface area contributed by atoms with Crippen LogP contribution in [0, 0.1) is 0 Å². The van der Waals surface area contributed by atoms with Gasteiger partial charge in [-0.15, -0.1) is 0 Å². The fraction of sp³-hybridized carbons (Fsp3) is 0.364. The molecule has 4 heteroatoms. The van der Waals surface area contributed by atoms with Crippen LogP contribution in [-0.4, -0.2) is 23.5 Å². The molecule has 0 amide bonds. The highest BCUT2D eigenvalue weighted by Gasteiger charge is 2.14. The Morgan fingerprint density at radius 3 is 2.53 bits per heavy atom. The van der Waals surface area contributed by atoms with E-state index in [1.54, 1.807) is 12.1 Å². The summed E-state index contributed by atoms with van der Waals surface area (Å²) in [6.07, 6.45) is -0.170. The number of benzene rings is 1. The number of hydrogen-bond acceptors (Lipinski definition) is 4. The molecular weight excluding hydrogens is 190 g/mol. The van der Waals surface area contributed by atoms with E-state index in [0.717, 1.165) is 0 Å². The Hall–Kier alpha value is -1.23. The van der Waals surface area contributed by atoms with Crippen LogP contribution in [0.1, 0.15) is 23.7 Å². The van der Waals surface area contributed by atoms with Crippen molar-refractivity contribution in [3.05, 3.63) is 35.9 Å². The molecule has 1 unspecified atom stereocenters. The molecule has 0 heterocycles. The fourth-order valence-electron chi connectivity index (χ4n) is 1.28. The zero-order valence-corrected chi connectivity index (χ0v) is 8.89. The summed E-state index contributed by atoms with van der Waals surface area (Å²) in [5, 5.41) is 1.46. The molecule has 4 N–H and O–H groups in total. The van der Waals surface area contributed by atoms with Crippen LogP contribution in [0.15, 0.2) is 30.3 Å². The third-order valence-electron chi connectivity index (χ3n) is 2.28. The van der Waals surface area contributed by atoms with Crippen LogP contribution < -0.4 is 11.6 Å². The maximum atomic E-state index is 11.7. The molecule has 0 radical (unpaired) electrons. The van der Waals surface area contributed by atoms with Crippen LogP contribution in [0.2, 0.25) is 0 Å². The van der Waals surface area contributed by atoms with E-state index < -0.39 is 6.17 Å². The second-order valence-corrected chi connectivity index (χ2v) is 3.39. The summed E-state index contributed by atoms with van der Waals surface area (Å²) in [4.78, 5) is 11.7. The number of carbonyl (C=O) groups excluding carboxylic acids is 1. The minimum atomic E-state index is -0.414. The number of ketones is 1. The summed E-state index contributed by atoms with van der Waals surface area (Å²) in [7, 11) is 0. The minimum Gasteiger partial charge on any atom is -0.314 e. The van der Waals surface area contributed by atoms with E-state index in [0.29, 0.717) is 12.1 Å². The lowest BCUT2D eigenvalue weighted by atomic mass is 10.1. The zero-order chi connectivity index (χ0) is 11.3. The third kappa shape index (κ3) is 3.43. The van der Waals surface area contributed by atoms with Gasteiger partial charge < -0.3 is 5.73 Å². The first-order chi connectivity index (χ1) is 7.15.